The third kappa shape index (κ3) is 51.7. The molecule has 0 N–H and O–H groups in total. The van der Waals surface area contributed by atoms with Crippen molar-refractivity contribution in [3.63, 3.8) is 0 Å². The standard InChI is InChI=1S/C59H102O6/c1-4-7-10-13-16-19-22-25-28-29-30-32-34-37-40-43-46-49-52-58(61)64-55-56(54-63-57(60)51-48-45-42-39-36-33-27-24-21-18-15-12-9-6-3)65-59(62)53-50-47-44-41-38-35-31-26-23-20-17-14-11-8-5-2/h8-9,11-12,14,17-18,20-21,23,26,31,56H,4-7,10,13,15-16,19,22,24-25,27-30,32-55H2,1-3H3/b11-8-,12-9-,17-14-,21-18-,23-20-,31-26-. The third-order valence-electron chi connectivity index (χ3n) is 11.8. The van der Waals surface area contributed by atoms with Crippen LogP contribution in [0.4, 0.5) is 0 Å². The van der Waals surface area contributed by atoms with Crippen molar-refractivity contribution in [2.75, 3.05) is 13.2 Å². The Hall–Kier alpha value is -3.15. The average molecular weight is 907 g/mol. The maximum Gasteiger partial charge on any atom is 0.306 e. The Morgan fingerprint density at radius 2 is 0.677 bits per heavy atom. The van der Waals surface area contributed by atoms with Crippen LogP contribution in [0.15, 0.2) is 72.9 Å². The average Bonchev–Trinajstić information content (AvgIpc) is 3.30. The number of hydrogen-bond donors (Lipinski definition) is 0. The van der Waals surface area contributed by atoms with E-state index in [0.717, 1.165) is 103 Å². The molecule has 374 valence electrons. The van der Waals surface area contributed by atoms with E-state index in [9.17, 15) is 14.4 Å². The van der Waals surface area contributed by atoms with Crippen LogP contribution in [0.3, 0.4) is 0 Å². The summed E-state index contributed by atoms with van der Waals surface area (Å²) < 4.78 is 16.8. The van der Waals surface area contributed by atoms with Crippen LogP contribution in [-0.4, -0.2) is 37.2 Å². The quantitative estimate of drug-likeness (QED) is 0.0199. The number of ether oxygens (including phenoxy) is 3. The summed E-state index contributed by atoms with van der Waals surface area (Å²) in [5.74, 6) is -0.910. The van der Waals surface area contributed by atoms with Crippen LogP contribution in [0.2, 0.25) is 0 Å². The topological polar surface area (TPSA) is 78.9 Å². The van der Waals surface area contributed by atoms with Gasteiger partial charge in [0.15, 0.2) is 6.10 Å². The Labute approximate surface area is 402 Å². The molecule has 6 nitrogen and oxygen atoms in total. The largest absolute Gasteiger partial charge is 0.462 e. The second-order valence-corrected chi connectivity index (χ2v) is 18.2. The van der Waals surface area contributed by atoms with Gasteiger partial charge in [-0.05, 0) is 64.2 Å². The Bertz CT molecular complexity index is 1230. The number of esters is 3. The van der Waals surface area contributed by atoms with Crippen molar-refractivity contribution in [1.82, 2.24) is 0 Å². The first kappa shape index (κ1) is 61.9. The van der Waals surface area contributed by atoms with Gasteiger partial charge in [0.25, 0.3) is 0 Å². The Morgan fingerprint density at radius 1 is 0.338 bits per heavy atom. The predicted octanol–water partition coefficient (Wildman–Crippen LogP) is 18.2. The van der Waals surface area contributed by atoms with Crippen molar-refractivity contribution >= 4 is 17.9 Å². The maximum atomic E-state index is 12.8. The Balaban J connectivity index is 4.39. The summed E-state index contributed by atoms with van der Waals surface area (Å²) in [6, 6.07) is 0. The van der Waals surface area contributed by atoms with E-state index in [2.05, 4.69) is 75.5 Å². The first-order valence-electron chi connectivity index (χ1n) is 27.5. The van der Waals surface area contributed by atoms with Gasteiger partial charge < -0.3 is 14.2 Å². The lowest BCUT2D eigenvalue weighted by atomic mass is 10.0. The van der Waals surface area contributed by atoms with Crippen molar-refractivity contribution in [3.05, 3.63) is 72.9 Å². The van der Waals surface area contributed by atoms with Gasteiger partial charge in [-0.3, -0.25) is 14.4 Å². The van der Waals surface area contributed by atoms with Gasteiger partial charge in [0.1, 0.15) is 13.2 Å². The summed E-state index contributed by atoms with van der Waals surface area (Å²) >= 11 is 0. The molecule has 0 saturated heterocycles. The summed E-state index contributed by atoms with van der Waals surface area (Å²) in [7, 11) is 0. The second-order valence-electron chi connectivity index (χ2n) is 18.2. The molecule has 1 unspecified atom stereocenters. The lowest BCUT2D eigenvalue weighted by Crippen LogP contribution is -2.30. The molecule has 0 rings (SSSR count). The number of rotatable bonds is 49. The summed E-state index contributed by atoms with van der Waals surface area (Å²) in [4.78, 5) is 38.1. The zero-order valence-electron chi connectivity index (χ0n) is 42.7. The minimum atomic E-state index is -0.789. The van der Waals surface area contributed by atoms with Crippen molar-refractivity contribution in [1.29, 1.82) is 0 Å². The number of carbonyl (C=O) groups excluding carboxylic acids is 3. The summed E-state index contributed by atoms with van der Waals surface area (Å²) in [5.41, 5.74) is 0. The lowest BCUT2D eigenvalue weighted by molar-refractivity contribution is -0.167. The number of unbranched alkanes of at least 4 members (excludes halogenated alkanes) is 29. The smallest absolute Gasteiger partial charge is 0.306 e. The summed E-state index contributed by atoms with van der Waals surface area (Å²) in [6.45, 7) is 6.39. The molecule has 0 aromatic heterocycles. The van der Waals surface area contributed by atoms with Crippen molar-refractivity contribution in [2.24, 2.45) is 0 Å². The molecular formula is C59H102O6. The molecule has 0 amide bonds. The predicted molar refractivity (Wildman–Crippen MR) is 279 cm³/mol. The van der Waals surface area contributed by atoms with Crippen molar-refractivity contribution in [3.8, 4) is 0 Å². The fourth-order valence-electron chi connectivity index (χ4n) is 7.73. The van der Waals surface area contributed by atoms with Crippen molar-refractivity contribution in [2.45, 2.75) is 271 Å². The SMILES string of the molecule is CC\C=C/C=C\C=C/C=C\CCCCCCCC(=O)OC(COC(=O)CCCCCCCCC/C=C\C/C=C\CC)COC(=O)CCCCCCCCCCCCCCCCCCCC. The molecule has 0 heterocycles. The molecule has 0 fully saturated rings. The third-order valence-corrected chi connectivity index (χ3v) is 11.8. The molecule has 6 heteroatoms. The Morgan fingerprint density at radius 3 is 1.11 bits per heavy atom. The van der Waals surface area contributed by atoms with E-state index in [1.807, 2.05) is 18.2 Å². The minimum absolute atomic E-state index is 0.0858. The molecule has 65 heavy (non-hydrogen) atoms. The van der Waals surface area contributed by atoms with Crippen LogP contribution in [0.25, 0.3) is 0 Å². The zero-order valence-corrected chi connectivity index (χ0v) is 42.7. The monoisotopic (exact) mass is 907 g/mol. The van der Waals surface area contributed by atoms with E-state index >= 15 is 0 Å². The molecule has 1 atom stereocenters. The van der Waals surface area contributed by atoms with Crippen LogP contribution in [0.5, 0.6) is 0 Å². The van der Waals surface area contributed by atoms with Gasteiger partial charge in [0, 0.05) is 19.3 Å². The highest BCUT2D eigenvalue weighted by Crippen LogP contribution is 2.16. The molecule has 0 aromatic rings. The summed E-state index contributed by atoms with van der Waals surface area (Å²) in [6.07, 6.45) is 67.5. The number of carbonyl (C=O) groups is 3. The van der Waals surface area contributed by atoms with Gasteiger partial charge in [-0.1, -0.05) is 254 Å². The molecule has 0 aromatic carbocycles. The summed E-state index contributed by atoms with van der Waals surface area (Å²) in [5, 5.41) is 0. The fraction of sp³-hybridized carbons (Fsp3) is 0.746. The maximum absolute atomic E-state index is 12.8. The van der Waals surface area contributed by atoms with Crippen LogP contribution in [0, 0.1) is 0 Å². The number of allylic oxidation sites excluding steroid dienone is 12. The zero-order chi connectivity index (χ0) is 47.2. The van der Waals surface area contributed by atoms with E-state index in [1.165, 1.54) is 122 Å². The number of hydrogen-bond acceptors (Lipinski definition) is 6. The van der Waals surface area contributed by atoms with E-state index < -0.39 is 6.10 Å². The molecule has 0 aliphatic heterocycles. The Kier molecular flexibility index (Phi) is 50.9. The van der Waals surface area contributed by atoms with Gasteiger partial charge in [0.2, 0.25) is 0 Å². The van der Waals surface area contributed by atoms with Crippen LogP contribution in [-0.2, 0) is 28.6 Å². The first-order chi connectivity index (χ1) is 32.0. The van der Waals surface area contributed by atoms with Crippen molar-refractivity contribution < 1.29 is 28.6 Å². The molecule has 0 spiro atoms. The van der Waals surface area contributed by atoms with E-state index in [0.29, 0.717) is 19.3 Å². The normalized spacial score (nSPS) is 12.6. The molecule has 0 aliphatic rings. The van der Waals surface area contributed by atoms with Gasteiger partial charge in [-0.15, -0.1) is 0 Å². The lowest BCUT2D eigenvalue weighted by Gasteiger charge is -2.18. The highest BCUT2D eigenvalue weighted by molar-refractivity contribution is 5.71. The van der Waals surface area contributed by atoms with Crippen LogP contribution >= 0.6 is 0 Å². The molecule has 0 bridgehead atoms. The first-order valence-corrected chi connectivity index (χ1v) is 27.5. The van der Waals surface area contributed by atoms with Gasteiger partial charge in [0.05, 0.1) is 0 Å². The van der Waals surface area contributed by atoms with Gasteiger partial charge in [-0.25, -0.2) is 0 Å². The molecule has 0 aliphatic carbocycles. The highest BCUT2D eigenvalue weighted by Gasteiger charge is 2.19. The van der Waals surface area contributed by atoms with E-state index in [1.54, 1.807) is 0 Å². The van der Waals surface area contributed by atoms with E-state index in [4.69, 9.17) is 14.2 Å². The molecule has 0 radical (unpaired) electrons. The fourth-order valence-corrected chi connectivity index (χ4v) is 7.73. The van der Waals surface area contributed by atoms with Crippen LogP contribution in [0.1, 0.15) is 265 Å². The highest BCUT2D eigenvalue weighted by atomic mass is 16.6. The minimum Gasteiger partial charge on any atom is -0.462 e. The van der Waals surface area contributed by atoms with Gasteiger partial charge >= 0.3 is 17.9 Å². The molecule has 0 saturated carbocycles. The molecular weight excluding hydrogens is 805 g/mol. The van der Waals surface area contributed by atoms with Gasteiger partial charge in [-0.2, -0.15) is 0 Å². The van der Waals surface area contributed by atoms with E-state index in [-0.39, 0.29) is 31.1 Å². The second kappa shape index (κ2) is 53.5. The van der Waals surface area contributed by atoms with Crippen LogP contribution < -0.4 is 0 Å².